The van der Waals surface area contributed by atoms with Crippen LogP contribution in [0.25, 0.3) is 0 Å². The molecule has 2 amide bonds. The molecule has 0 aromatic heterocycles. The lowest BCUT2D eigenvalue weighted by Gasteiger charge is -2.35. The number of nitrogens with zero attached hydrogens (tertiary/aromatic N) is 2. The van der Waals surface area contributed by atoms with Crippen molar-refractivity contribution in [1.29, 1.82) is 0 Å². The number of carbonyl (C=O) groups excluding carboxylic acids is 2. The van der Waals surface area contributed by atoms with E-state index in [0.717, 1.165) is 12.1 Å². The van der Waals surface area contributed by atoms with Gasteiger partial charge in [0.25, 0.3) is 0 Å². The molecule has 26 heavy (non-hydrogen) atoms. The van der Waals surface area contributed by atoms with Crippen LogP contribution in [0.15, 0.2) is 24.3 Å². The van der Waals surface area contributed by atoms with Crippen molar-refractivity contribution in [2.75, 3.05) is 26.7 Å². The Kier molecular flexibility index (Phi) is 6.78. The second-order valence-corrected chi connectivity index (χ2v) is 7.84. The lowest BCUT2D eigenvalue weighted by molar-refractivity contribution is -0.138. The molecule has 1 aromatic carbocycles. The summed E-state index contributed by atoms with van der Waals surface area (Å²) in [6.45, 7) is 7.94. The Labute approximate surface area is 156 Å². The third-order valence-corrected chi connectivity index (χ3v) is 4.80. The Bertz CT molecular complexity index is 622. The Morgan fingerprint density at radius 2 is 2.00 bits per heavy atom. The molecule has 1 aliphatic heterocycles. The van der Waals surface area contributed by atoms with E-state index in [1.54, 1.807) is 25.8 Å². The molecule has 1 aromatic rings. The van der Waals surface area contributed by atoms with Gasteiger partial charge in [0.05, 0.1) is 18.1 Å². The van der Waals surface area contributed by atoms with Crippen molar-refractivity contribution in [3.63, 3.8) is 0 Å². The second-order valence-electron chi connectivity index (χ2n) is 7.84. The fourth-order valence-corrected chi connectivity index (χ4v) is 2.99. The molecule has 0 radical (unpaired) electrons. The smallest absolute Gasteiger partial charge is 0.237 e. The number of hydrogen-bond acceptors (Lipinski definition) is 4. The Morgan fingerprint density at radius 1 is 1.35 bits per heavy atom. The topological polar surface area (TPSA) is 72.9 Å². The van der Waals surface area contributed by atoms with E-state index in [2.05, 4.69) is 34.5 Å². The maximum absolute atomic E-state index is 12.6. The number of hydrogen-bond donors (Lipinski definition) is 2. The molecule has 6 nitrogen and oxygen atoms in total. The van der Waals surface area contributed by atoms with Crippen LogP contribution in [-0.4, -0.2) is 65.0 Å². The largest absolute Gasteiger partial charge is 0.390 e. The number of amides is 2. The molecule has 1 heterocycles. The van der Waals surface area contributed by atoms with Crippen LogP contribution in [0.3, 0.4) is 0 Å². The minimum absolute atomic E-state index is 0.0785. The Morgan fingerprint density at radius 3 is 2.62 bits per heavy atom. The summed E-state index contributed by atoms with van der Waals surface area (Å²) in [5, 5.41) is 12.7. The summed E-state index contributed by atoms with van der Waals surface area (Å²) >= 11 is 0. The van der Waals surface area contributed by atoms with Crippen molar-refractivity contribution < 1.29 is 14.7 Å². The summed E-state index contributed by atoms with van der Waals surface area (Å²) < 4.78 is 0. The molecule has 0 saturated carbocycles. The number of piperazine rings is 1. The van der Waals surface area contributed by atoms with Gasteiger partial charge in [-0.2, -0.15) is 0 Å². The standard InChI is InChI=1S/C20H31N3O3/c1-15-5-7-16(8-6-15)14-23-12-10-21-19(25)17(23)13-18(24)22(4)11-9-20(2,3)26/h5-8,17,26H,9-14H2,1-4H3,(H,21,25)/t17-/m0/s1. The Hall–Kier alpha value is -1.92. The molecule has 2 rings (SSSR count). The van der Waals surface area contributed by atoms with Gasteiger partial charge in [0.2, 0.25) is 11.8 Å². The molecule has 0 unspecified atom stereocenters. The predicted molar refractivity (Wildman–Crippen MR) is 102 cm³/mol. The molecule has 0 spiro atoms. The van der Waals surface area contributed by atoms with E-state index in [-0.39, 0.29) is 18.2 Å². The van der Waals surface area contributed by atoms with E-state index in [1.807, 2.05) is 6.92 Å². The zero-order valence-corrected chi connectivity index (χ0v) is 16.3. The zero-order chi connectivity index (χ0) is 19.3. The molecule has 0 aliphatic carbocycles. The monoisotopic (exact) mass is 361 g/mol. The lowest BCUT2D eigenvalue weighted by atomic mass is 10.0. The molecular formula is C20H31N3O3. The molecule has 144 valence electrons. The number of carbonyl (C=O) groups is 2. The van der Waals surface area contributed by atoms with E-state index in [0.29, 0.717) is 26.1 Å². The number of aliphatic hydroxyl groups is 1. The van der Waals surface area contributed by atoms with Crippen LogP contribution in [0.5, 0.6) is 0 Å². The normalized spacial score (nSPS) is 18.5. The van der Waals surface area contributed by atoms with Gasteiger partial charge in [0.15, 0.2) is 0 Å². The first kappa shape index (κ1) is 20.4. The quantitative estimate of drug-likeness (QED) is 0.768. The second kappa shape index (κ2) is 8.64. The number of benzene rings is 1. The minimum Gasteiger partial charge on any atom is -0.390 e. The highest BCUT2D eigenvalue weighted by atomic mass is 16.3. The highest BCUT2D eigenvalue weighted by Gasteiger charge is 2.32. The number of nitrogens with one attached hydrogen (secondary N) is 1. The summed E-state index contributed by atoms with van der Waals surface area (Å²) in [5.41, 5.74) is 1.53. The fraction of sp³-hybridized carbons (Fsp3) is 0.600. The van der Waals surface area contributed by atoms with Crippen molar-refractivity contribution in [3.05, 3.63) is 35.4 Å². The van der Waals surface area contributed by atoms with E-state index in [9.17, 15) is 14.7 Å². The van der Waals surface area contributed by atoms with Gasteiger partial charge in [-0.15, -0.1) is 0 Å². The van der Waals surface area contributed by atoms with Gasteiger partial charge in [0, 0.05) is 33.2 Å². The third kappa shape index (κ3) is 6.11. The van der Waals surface area contributed by atoms with Crippen LogP contribution in [0, 0.1) is 6.92 Å². The van der Waals surface area contributed by atoms with Crippen LogP contribution >= 0.6 is 0 Å². The van der Waals surface area contributed by atoms with Gasteiger partial charge in [-0.25, -0.2) is 0 Å². The minimum atomic E-state index is -0.811. The van der Waals surface area contributed by atoms with E-state index in [1.165, 1.54) is 5.56 Å². The molecule has 1 aliphatic rings. The SMILES string of the molecule is Cc1ccc(CN2CCNC(=O)[C@@H]2CC(=O)N(C)CCC(C)(C)O)cc1. The average molecular weight is 361 g/mol. The van der Waals surface area contributed by atoms with Crippen molar-refractivity contribution in [1.82, 2.24) is 15.1 Å². The highest BCUT2D eigenvalue weighted by Crippen LogP contribution is 2.16. The number of aryl methyl sites for hydroxylation is 1. The first-order chi connectivity index (χ1) is 12.2. The third-order valence-electron chi connectivity index (χ3n) is 4.80. The summed E-state index contributed by atoms with van der Waals surface area (Å²) in [6, 6.07) is 7.79. The van der Waals surface area contributed by atoms with Gasteiger partial charge in [0.1, 0.15) is 0 Å². The van der Waals surface area contributed by atoms with Gasteiger partial charge in [-0.3, -0.25) is 14.5 Å². The maximum atomic E-state index is 12.6. The predicted octanol–water partition coefficient (Wildman–Crippen LogP) is 1.30. The molecule has 1 fully saturated rings. The summed E-state index contributed by atoms with van der Waals surface area (Å²) in [4.78, 5) is 28.6. The van der Waals surface area contributed by atoms with E-state index < -0.39 is 11.6 Å². The fourth-order valence-electron chi connectivity index (χ4n) is 2.99. The maximum Gasteiger partial charge on any atom is 0.237 e. The first-order valence-corrected chi connectivity index (χ1v) is 9.19. The highest BCUT2D eigenvalue weighted by molar-refractivity contribution is 5.88. The first-order valence-electron chi connectivity index (χ1n) is 9.19. The van der Waals surface area contributed by atoms with Gasteiger partial charge in [-0.1, -0.05) is 29.8 Å². The van der Waals surface area contributed by atoms with Crippen molar-refractivity contribution in [2.24, 2.45) is 0 Å². The molecule has 2 N–H and O–H groups in total. The summed E-state index contributed by atoms with van der Waals surface area (Å²) in [7, 11) is 1.72. The van der Waals surface area contributed by atoms with Crippen LogP contribution in [0.4, 0.5) is 0 Å². The van der Waals surface area contributed by atoms with Crippen LogP contribution in [-0.2, 0) is 16.1 Å². The molecule has 6 heteroatoms. The van der Waals surface area contributed by atoms with E-state index in [4.69, 9.17) is 0 Å². The van der Waals surface area contributed by atoms with Crippen LogP contribution in [0.1, 0.15) is 37.8 Å². The van der Waals surface area contributed by atoms with Crippen molar-refractivity contribution in [2.45, 2.75) is 51.8 Å². The summed E-state index contributed by atoms with van der Waals surface area (Å²) in [6.07, 6.45) is 0.652. The van der Waals surface area contributed by atoms with Crippen molar-refractivity contribution in [3.8, 4) is 0 Å². The Balaban J connectivity index is 1.99. The lowest BCUT2D eigenvalue weighted by Crippen LogP contribution is -2.56. The van der Waals surface area contributed by atoms with Crippen LogP contribution < -0.4 is 5.32 Å². The summed E-state index contributed by atoms with van der Waals surface area (Å²) in [5.74, 6) is -0.169. The van der Waals surface area contributed by atoms with Gasteiger partial charge in [-0.05, 0) is 32.8 Å². The molecule has 1 atom stereocenters. The van der Waals surface area contributed by atoms with Crippen molar-refractivity contribution >= 4 is 11.8 Å². The van der Waals surface area contributed by atoms with Crippen LogP contribution in [0.2, 0.25) is 0 Å². The average Bonchev–Trinajstić information content (AvgIpc) is 2.57. The van der Waals surface area contributed by atoms with Gasteiger partial charge >= 0.3 is 0 Å². The van der Waals surface area contributed by atoms with Gasteiger partial charge < -0.3 is 15.3 Å². The number of rotatable bonds is 7. The zero-order valence-electron chi connectivity index (χ0n) is 16.3. The van der Waals surface area contributed by atoms with E-state index >= 15 is 0 Å². The molecule has 1 saturated heterocycles. The molecular weight excluding hydrogens is 330 g/mol. The molecule has 0 bridgehead atoms.